The van der Waals surface area contributed by atoms with Crippen molar-refractivity contribution in [1.82, 2.24) is 10.2 Å². The van der Waals surface area contributed by atoms with Gasteiger partial charge in [0, 0.05) is 18.1 Å². The predicted octanol–water partition coefficient (Wildman–Crippen LogP) is 1.05. The molecule has 0 saturated carbocycles. The van der Waals surface area contributed by atoms with E-state index in [1.807, 2.05) is 0 Å². The maximum atomic E-state index is 11.3. The highest BCUT2D eigenvalue weighted by Crippen LogP contribution is 2.32. The summed E-state index contributed by atoms with van der Waals surface area (Å²) in [7, 11) is 2.23. The number of carbonyl (C=O) groups excluding carboxylic acids is 1. The molecule has 2 aliphatic rings. The number of piperidine rings is 2. The van der Waals surface area contributed by atoms with Gasteiger partial charge in [-0.25, -0.2) is 0 Å². The van der Waals surface area contributed by atoms with Gasteiger partial charge in [0.05, 0.1) is 5.75 Å². The van der Waals surface area contributed by atoms with E-state index in [1.165, 1.54) is 19.3 Å². The van der Waals surface area contributed by atoms with Gasteiger partial charge in [-0.1, -0.05) is 6.42 Å². The molecule has 2 fully saturated rings. The normalized spacial score (nSPS) is 36.3. The molecule has 2 rings (SSSR count). The van der Waals surface area contributed by atoms with E-state index in [0.717, 1.165) is 12.8 Å². The van der Waals surface area contributed by atoms with Gasteiger partial charge in [-0.2, -0.15) is 12.6 Å². The second-order valence-electron chi connectivity index (χ2n) is 4.80. The summed E-state index contributed by atoms with van der Waals surface area (Å²) in [6, 6.07) is 1.75. The average molecular weight is 228 g/mol. The second-order valence-corrected chi connectivity index (χ2v) is 5.11. The lowest BCUT2D eigenvalue weighted by molar-refractivity contribution is -0.120. The van der Waals surface area contributed by atoms with Gasteiger partial charge in [0.25, 0.3) is 0 Å². The maximum Gasteiger partial charge on any atom is 0.229 e. The number of carbonyl (C=O) groups is 1. The van der Waals surface area contributed by atoms with Crippen molar-refractivity contribution in [2.45, 2.75) is 50.2 Å². The van der Waals surface area contributed by atoms with Crippen LogP contribution in [-0.4, -0.2) is 41.7 Å². The van der Waals surface area contributed by atoms with Gasteiger partial charge in [0.2, 0.25) is 5.91 Å². The minimum atomic E-state index is 0.0750. The van der Waals surface area contributed by atoms with Crippen LogP contribution in [-0.2, 0) is 4.79 Å². The number of hydrogen-bond donors (Lipinski definition) is 2. The molecule has 4 heteroatoms. The Balaban J connectivity index is 1.92. The molecule has 3 nitrogen and oxygen atoms in total. The van der Waals surface area contributed by atoms with E-state index >= 15 is 0 Å². The van der Waals surface area contributed by atoms with Gasteiger partial charge >= 0.3 is 0 Å². The van der Waals surface area contributed by atoms with Crippen LogP contribution in [0.3, 0.4) is 0 Å². The highest BCUT2D eigenvalue weighted by Gasteiger charge is 2.36. The van der Waals surface area contributed by atoms with E-state index in [2.05, 4.69) is 29.9 Å². The first-order valence-electron chi connectivity index (χ1n) is 5.83. The number of hydrogen-bond acceptors (Lipinski definition) is 3. The zero-order valence-electron chi connectivity index (χ0n) is 9.28. The summed E-state index contributed by atoms with van der Waals surface area (Å²) in [6.45, 7) is 0. The summed E-state index contributed by atoms with van der Waals surface area (Å²) in [5.74, 6) is 0.382. The van der Waals surface area contributed by atoms with E-state index in [-0.39, 0.29) is 5.91 Å². The predicted molar refractivity (Wildman–Crippen MR) is 64.2 cm³/mol. The number of thiol groups is 1. The topological polar surface area (TPSA) is 32.3 Å². The standard InChI is InChI=1S/C11H20N2OS/c1-13-9-3-2-4-10(13)6-8(5-9)12-11(14)7-15/h8-10,15H,2-7H2,1H3,(H,12,14). The van der Waals surface area contributed by atoms with Crippen molar-refractivity contribution in [1.29, 1.82) is 0 Å². The van der Waals surface area contributed by atoms with Crippen molar-refractivity contribution < 1.29 is 4.79 Å². The highest BCUT2D eigenvalue weighted by molar-refractivity contribution is 7.81. The Morgan fingerprint density at radius 2 is 2.00 bits per heavy atom. The van der Waals surface area contributed by atoms with Crippen LogP contribution < -0.4 is 5.32 Å². The fourth-order valence-electron chi connectivity index (χ4n) is 3.01. The van der Waals surface area contributed by atoms with Gasteiger partial charge in [-0.15, -0.1) is 0 Å². The van der Waals surface area contributed by atoms with E-state index in [9.17, 15) is 4.79 Å². The van der Waals surface area contributed by atoms with E-state index in [1.54, 1.807) is 0 Å². The minimum Gasteiger partial charge on any atom is -0.353 e. The molecule has 2 unspecified atom stereocenters. The Morgan fingerprint density at radius 1 is 1.40 bits per heavy atom. The monoisotopic (exact) mass is 228 g/mol. The first-order valence-corrected chi connectivity index (χ1v) is 6.46. The fourth-order valence-corrected chi connectivity index (χ4v) is 3.10. The molecule has 2 aliphatic heterocycles. The molecule has 2 atom stereocenters. The van der Waals surface area contributed by atoms with Crippen LogP contribution in [0.15, 0.2) is 0 Å². The molecule has 0 aromatic carbocycles. The number of rotatable bonds is 2. The first kappa shape index (κ1) is 11.3. The number of nitrogens with zero attached hydrogens (tertiary/aromatic N) is 1. The summed E-state index contributed by atoms with van der Waals surface area (Å²) >= 11 is 3.99. The summed E-state index contributed by atoms with van der Waals surface area (Å²) in [5.41, 5.74) is 0. The molecule has 0 radical (unpaired) electrons. The number of nitrogens with one attached hydrogen (secondary N) is 1. The zero-order chi connectivity index (χ0) is 10.8. The van der Waals surface area contributed by atoms with Gasteiger partial charge in [0.15, 0.2) is 0 Å². The Morgan fingerprint density at radius 3 is 2.53 bits per heavy atom. The lowest BCUT2D eigenvalue weighted by Gasteiger charge is -2.47. The number of amides is 1. The van der Waals surface area contributed by atoms with E-state index in [4.69, 9.17) is 0 Å². The number of fused-ring (bicyclic) bond motifs is 2. The van der Waals surface area contributed by atoms with Gasteiger partial charge in [0.1, 0.15) is 0 Å². The third kappa shape index (κ3) is 2.48. The third-order valence-electron chi connectivity index (χ3n) is 3.85. The molecule has 86 valence electrons. The molecule has 2 bridgehead atoms. The van der Waals surface area contributed by atoms with Gasteiger partial charge in [-0.05, 0) is 32.7 Å². The smallest absolute Gasteiger partial charge is 0.229 e. The highest BCUT2D eigenvalue weighted by atomic mass is 32.1. The van der Waals surface area contributed by atoms with E-state index in [0.29, 0.717) is 23.9 Å². The van der Waals surface area contributed by atoms with Crippen LogP contribution in [0, 0.1) is 0 Å². The Kier molecular flexibility index (Phi) is 3.57. The zero-order valence-corrected chi connectivity index (χ0v) is 10.2. The molecule has 0 spiro atoms. The van der Waals surface area contributed by atoms with Gasteiger partial charge in [-0.3, -0.25) is 4.79 Å². The molecule has 2 heterocycles. The van der Waals surface area contributed by atoms with E-state index < -0.39 is 0 Å². The Hall–Kier alpha value is -0.220. The molecule has 0 aromatic rings. The lowest BCUT2D eigenvalue weighted by Crippen LogP contribution is -2.55. The summed E-state index contributed by atoms with van der Waals surface area (Å²) in [6.07, 6.45) is 6.17. The van der Waals surface area contributed by atoms with Crippen LogP contribution in [0.4, 0.5) is 0 Å². The molecular formula is C11H20N2OS. The second kappa shape index (κ2) is 4.74. The molecule has 1 N–H and O–H groups in total. The van der Waals surface area contributed by atoms with Crippen molar-refractivity contribution in [2.24, 2.45) is 0 Å². The Labute approximate surface area is 97.0 Å². The molecule has 1 amide bonds. The van der Waals surface area contributed by atoms with Crippen molar-refractivity contribution in [3.05, 3.63) is 0 Å². The molecule has 2 saturated heterocycles. The van der Waals surface area contributed by atoms with Crippen molar-refractivity contribution in [2.75, 3.05) is 12.8 Å². The van der Waals surface area contributed by atoms with Crippen LogP contribution in [0.2, 0.25) is 0 Å². The van der Waals surface area contributed by atoms with Crippen LogP contribution in [0.25, 0.3) is 0 Å². The summed E-state index contributed by atoms with van der Waals surface area (Å²) in [4.78, 5) is 13.8. The molecular weight excluding hydrogens is 208 g/mol. The average Bonchev–Trinajstić information content (AvgIpc) is 2.19. The molecule has 0 aromatic heterocycles. The summed E-state index contributed by atoms with van der Waals surface area (Å²) < 4.78 is 0. The Bertz CT molecular complexity index is 233. The maximum absolute atomic E-state index is 11.3. The SMILES string of the molecule is CN1C2CCCC1CC(NC(=O)CS)C2. The first-order chi connectivity index (χ1) is 7.20. The quantitative estimate of drug-likeness (QED) is 0.692. The minimum absolute atomic E-state index is 0.0750. The molecule has 0 aliphatic carbocycles. The van der Waals surface area contributed by atoms with Crippen LogP contribution in [0.1, 0.15) is 32.1 Å². The van der Waals surface area contributed by atoms with Crippen LogP contribution in [0.5, 0.6) is 0 Å². The molecule has 15 heavy (non-hydrogen) atoms. The third-order valence-corrected chi connectivity index (χ3v) is 4.14. The lowest BCUT2D eigenvalue weighted by atomic mass is 9.82. The van der Waals surface area contributed by atoms with Crippen molar-refractivity contribution in [3.63, 3.8) is 0 Å². The van der Waals surface area contributed by atoms with Crippen LogP contribution >= 0.6 is 12.6 Å². The van der Waals surface area contributed by atoms with Gasteiger partial charge < -0.3 is 10.2 Å². The van der Waals surface area contributed by atoms with Crippen molar-refractivity contribution in [3.8, 4) is 0 Å². The largest absolute Gasteiger partial charge is 0.353 e. The van der Waals surface area contributed by atoms with Crippen molar-refractivity contribution >= 4 is 18.5 Å². The fraction of sp³-hybridized carbons (Fsp3) is 0.909. The summed E-state index contributed by atoms with van der Waals surface area (Å²) in [5, 5.41) is 3.08.